The first-order valence-corrected chi connectivity index (χ1v) is 6.13. The molecule has 1 unspecified atom stereocenters. The minimum absolute atomic E-state index is 0.519. The summed E-state index contributed by atoms with van der Waals surface area (Å²) in [5.41, 5.74) is 0.649. The smallest absolute Gasteiger partial charge is 0.127 e. The Kier molecular flexibility index (Phi) is 3.94. The molecule has 4 nitrogen and oxygen atoms in total. The van der Waals surface area contributed by atoms with E-state index in [0.29, 0.717) is 11.6 Å². The zero-order valence-corrected chi connectivity index (χ0v) is 10.2. The third-order valence-corrected chi connectivity index (χ3v) is 3.23. The van der Waals surface area contributed by atoms with Gasteiger partial charge in [0, 0.05) is 18.8 Å². The predicted molar refractivity (Wildman–Crippen MR) is 67.7 cm³/mol. The topological polar surface area (TPSA) is 52.0 Å². The average Bonchev–Trinajstić information content (AvgIpc) is 2.90. The van der Waals surface area contributed by atoms with E-state index in [4.69, 9.17) is 5.26 Å². The molecular weight excluding hydrogens is 212 g/mol. The maximum atomic E-state index is 8.80. The van der Waals surface area contributed by atoms with E-state index in [0.717, 1.165) is 12.4 Å². The van der Waals surface area contributed by atoms with Gasteiger partial charge in [-0.25, -0.2) is 4.98 Å². The second-order valence-corrected chi connectivity index (χ2v) is 4.51. The third kappa shape index (κ3) is 3.18. The van der Waals surface area contributed by atoms with Crippen molar-refractivity contribution in [2.45, 2.75) is 25.8 Å². The number of likely N-dealkylation sites (tertiary alicyclic amines) is 1. The van der Waals surface area contributed by atoms with Crippen LogP contribution in [-0.2, 0) is 0 Å². The molecule has 1 N–H and O–H groups in total. The van der Waals surface area contributed by atoms with Crippen molar-refractivity contribution in [2.24, 2.45) is 0 Å². The van der Waals surface area contributed by atoms with Crippen LogP contribution in [0.2, 0.25) is 0 Å². The SMILES string of the molecule is CC(CNc1cc(C#N)ccn1)N1CCCC1. The quantitative estimate of drug-likeness (QED) is 0.857. The van der Waals surface area contributed by atoms with E-state index < -0.39 is 0 Å². The van der Waals surface area contributed by atoms with E-state index in [9.17, 15) is 0 Å². The maximum absolute atomic E-state index is 8.80. The summed E-state index contributed by atoms with van der Waals surface area (Å²) in [6, 6.07) is 6.14. The van der Waals surface area contributed by atoms with Crippen molar-refractivity contribution in [3.05, 3.63) is 23.9 Å². The fraction of sp³-hybridized carbons (Fsp3) is 0.538. The number of anilines is 1. The monoisotopic (exact) mass is 230 g/mol. The Morgan fingerprint density at radius 1 is 1.53 bits per heavy atom. The van der Waals surface area contributed by atoms with Crippen molar-refractivity contribution in [3.63, 3.8) is 0 Å². The van der Waals surface area contributed by atoms with Gasteiger partial charge in [0.05, 0.1) is 11.6 Å². The summed E-state index contributed by atoms with van der Waals surface area (Å²) in [7, 11) is 0. The van der Waals surface area contributed by atoms with E-state index >= 15 is 0 Å². The number of nitriles is 1. The molecule has 0 amide bonds. The molecular formula is C13H18N4. The van der Waals surface area contributed by atoms with Crippen molar-refractivity contribution in [1.82, 2.24) is 9.88 Å². The molecule has 1 fully saturated rings. The summed E-state index contributed by atoms with van der Waals surface area (Å²) < 4.78 is 0. The van der Waals surface area contributed by atoms with Gasteiger partial charge in [0.2, 0.25) is 0 Å². The van der Waals surface area contributed by atoms with Crippen molar-refractivity contribution in [2.75, 3.05) is 25.0 Å². The summed E-state index contributed by atoms with van der Waals surface area (Å²) in [5, 5.41) is 12.1. The molecule has 1 atom stereocenters. The summed E-state index contributed by atoms with van der Waals surface area (Å²) in [6.07, 6.45) is 4.29. The van der Waals surface area contributed by atoms with Crippen LogP contribution in [0.1, 0.15) is 25.3 Å². The van der Waals surface area contributed by atoms with Crippen LogP contribution >= 0.6 is 0 Å². The lowest BCUT2D eigenvalue weighted by atomic mass is 10.2. The average molecular weight is 230 g/mol. The van der Waals surface area contributed by atoms with Crippen LogP contribution in [0.25, 0.3) is 0 Å². The normalized spacial score (nSPS) is 17.6. The van der Waals surface area contributed by atoms with Gasteiger partial charge >= 0.3 is 0 Å². The minimum atomic E-state index is 0.519. The second kappa shape index (κ2) is 5.65. The molecule has 0 aromatic carbocycles. The highest BCUT2D eigenvalue weighted by Gasteiger charge is 2.17. The molecule has 2 rings (SSSR count). The Labute approximate surface area is 102 Å². The number of aromatic nitrogens is 1. The third-order valence-electron chi connectivity index (χ3n) is 3.23. The zero-order valence-electron chi connectivity index (χ0n) is 10.2. The van der Waals surface area contributed by atoms with Gasteiger partial charge in [-0.05, 0) is 45.0 Å². The number of hydrogen-bond donors (Lipinski definition) is 1. The molecule has 90 valence electrons. The summed E-state index contributed by atoms with van der Waals surface area (Å²) in [4.78, 5) is 6.69. The summed E-state index contributed by atoms with van der Waals surface area (Å²) >= 11 is 0. The lowest BCUT2D eigenvalue weighted by Crippen LogP contribution is -2.35. The number of pyridine rings is 1. The molecule has 1 aliphatic heterocycles. The molecule has 1 aromatic rings. The highest BCUT2D eigenvalue weighted by molar-refractivity contribution is 5.42. The van der Waals surface area contributed by atoms with Gasteiger partial charge in [0.25, 0.3) is 0 Å². The highest BCUT2D eigenvalue weighted by Crippen LogP contribution is 2.12. The van der Waals surface area contributed by atoms with Gasteiger partial charge in [-0.2, -0.15) is 5.26 Å². The maximum Gasteiger partial charge on any atom is 0.127 e. The lowest BCUT2D eigenvalue weighted by molar-refractivity contribution is 0.269. The number of nitrogens with zero attached hydrogens (tertiary/aromatic N) is 3. The molecule has 0 saturated carbocycles. The Bertz CT molecular complexity index is 404. The van der Waals surface area contributed by atoms with Crippen LogP contribution < -0.4 is 5.32 Å². The first kappa shape index (κ1) is 11.9. The van der Waals surface area contributed by atoms with E-state index in [1.165, 1.54) is 25.9 Å². The fourth-order valence-corrected chi connectivity index (χ4v) is 2.16. The van der Waals surface area contributed by atoms with Crippen molar-refractivity contribution in [3.8, 4) is 6.07 Å². The van der Waals surface area contributed by atoms with Crippen LogP contribution in [-0.4, -0.2) is 35.6 Å². The van der Waals surface area contributed by atoms with Gasteiger partial charge in [0.15, 0.2) is 0 Å². The molecule has 1 saturated heterocycles. The van der Waals surface area contributed by atoms with Crippen molar-refractivity contribution >= 4 is 5.82 Å². The van der Waals surface area contributed by atoms with Crippen molar-refractivity contribution in [1.29, 1.82) is 5.26 Å². The molecule has 0 aliphatic carbocycles. The summed E-state index contributed by atoms with van der Waals surface area (Å²) in [6.45, 7) is 5.51. The van der Waals surface area contributed by atoms with E-state index in [-0.39, 0.29) is 0 Å². The van der Waals surface area contributed by atoms with Gasteiger partial charge in [-0.3, -0.25) is 4.90 Å². The Morgan fingerprint density at radius 3 is 3.00 bits per heavy atom. The zero-order chi connectivity index (χ0) is 12.1. The van der Waals surface area contributed by atoms with Crippen LogP contribution in [0, 0.1) is 11.3 Å². The lowest BCUT2D eigenvalue weighted by Gasteiger charge is -2.24. The van der Waals surface area contributed by atoms with E-state index in [1.807, 2.05) is 0 Å². The molecule has 0 bridgehead atoms. The minimum Gasteiger partial charge on any atom is -0.368 e. The van der Waals surface area contributed by atoms with Gasteiger partial charge in [-0.15, -0.1) is 0 Å². The predicted octanol–water partition coefficient (Wildman–Crippen LogP) is 1.85. The molecule has 0 spiro atoms. The first-order chi connectivity index (χ1) is 8.29. The number of rotatable bonds is 4. The molecule has 1 aliphatic rings. The van der Waals surface area contributed by atoms with Crippen LogP contribution in [0.15, 0.2) is 18.3 Å². The Hall–Kier alpha value is -1.60. The highest BCUT2D eigenvalue weighted by atomic mass is 15.2. The Balaban J connectivity index is 1.86. The largest absolute Gasteiger partial charge is 0.368 e. The van der Waals surface area contributed by atoms with E-state index in [2.05, 4.69) is 28.2 Å². The summed E-state index contributed by atoms with van der Waals surface area (Å²) in [5.74, 6) is 0.787. The second-order valence-electron chi connectivity index (χ2n) is 4.51. The fourth-order valence-electron chi connectivity index (χ4n) is 2.16. The first-order valence-electron chi connectivity index (χ1n) is 6.13. The molecule has 0 radical (unpaired) electrons. The molecule has 17 heavy (non-hydrogen) atoms. The molecule has 2 heterocycles. The van der Waals surface area contributed by atoms with Crippen LogP contribution in [0.3, 0.4) is 0 Å². The van der Waals surface area contributed by atoms with Gasteiger partial charge < -0.3 is 5.32 Å². The molecule has 1 aromatic heterocycles. The van der Waals surface area contributed by atoms with Crippen LogP contribution in [0.4, 0.5) is 5.82 Å². The number of hydrogen-bond acceptors (Lipinski definition) is 4. The standard InChI is InChI=1S/C13H18N4/c1-11(17-6-2-3-7-17)10-16-13-8-12(9-14)4-5-15-13/h4-5,8,11H,2-3,6-7,10H2,1H3,(H,15,16). The van der Waals surface area contributed by atoms with Gasteiger partial charge in [-0.1, -0.05) is 0 Å². The van der Waals surface area contributed by atoms with Crippen LogP contribution in [0.5, 0.6) is 0 Å². The van der Waals surface area contributed by atoms with Gasteiger partial charge in [0.1, 0.15) is 5.82 Å². The molecule has 4 heteroatoms. The van der Waals surface area contributed by atoms with Crippen molar-refractivity contribution < 1.29 is 0 Å². The number of nitrogens with one attached hydrogen (secondary N) is 1. The Morgan fingerprint density at radius 2 is 2.29 bits per heavy atom. The van der Waals surface area contributed by atoms with E-state index in [1.54, 1.807) is 18.3 Å².